The summed E-state index contributed by atoms with van der Waals surface area (Å²) in [4.78, 5) is 17.7. The molecule has 0 atom stereocenters. The van der Waals surface area contributed by atoms with Crippen LogP contribution in [0.25, 0.3) is 9.75 Å². The molecule has 0 amide bonds. The van der Waals surface area contributed by atoms with Gasteiger partial charge in [-0.1, -0.05) is 47.8 Å². The third-order valence-electron chi connectivity index (χ3n) is 3.32. The summed E-state index contributed by atoms with van der Waals surface area (Å²) in [7, 11) is 0. The Kier molecular flexibility index (Phi) is 4.09. The van der Waals surface area contributed by atoms with Gasteiger partial charge in [0.25, 0.3) is 5.70 Å². The zero-order valence-electron chi connectivity index (χ0n) is 11.5. The van der Waals surface area contributed by atoms with Crippen LogP contribution >= 0.6 is 23.5 Å². The summed E-state index contributed by atoms with van der Waals surface area (Å²) in [5, 5.41) is 0. The highest BCUT2D eigenvalue weighted by atomic mass is 32.2. The molecule has 0 unspecified atom stereocenters. The number of ether oxygens (including phenoxy) is 1. The van der Waals surface area contributed by atoms with Crippen LogP contribution in [-0.4, -0.2) is 12.6 Å². The first-order valence-corrected chi connectivity index (χ1v) is 8.34. The molecular weight excluding hydrogens is 302 g/mol. The molecular formula is C16H13NO2S2. The first-order chi connectivity index (χ1) is 10.2. The zero-order chi connectivity index (χ0) is 14.8. The van der Waals surface area contributed by atoms with Gasteiger partial charge in [0, 0.05) is 9.81 Å². The van der Waals surface area contributed by atoms with Crippen LogP contribution in [0.15, 0.2) is 39.1 Å². The molecule has 0 saturated heterocycles. The van der Waals surface area contributed by atoms with E-state index >= 15 is 0 Å². The minimum Gasteiger partial charge on any atom is -0.471 e. The molecule has 5 heteroatoms. The molecule has 21 heavy (non-hydrogen) atoms. The van der Waals surface area contributed by atoms with Crippen LogP contribution in [0.2, 0.25) is 0 Å². The second-order valence-electron chi connectivity index (χ2n) is 4.58. The quantitative estimate of drug-likeness (QED) is 0.459. The van der Waals surface area contributed by atoms with Crippen molar-refractivity contribution in [2.75, 3.05) is 6.61 Å². The lowest BCUT2D eigenvalue weighted by atomic mass is 9.97. The highest BCUT2D eigenvalue weighted by molar-refractivity contribution is 8.31. The molecule has 3 nitrogen and oxygen atoms in total. The number of esters is 1. The molecule has 1 aliphatic heterocycles. The number of carbonyl (C=O) groups is 1. The molecule has 1 heterocycles. The van der Waals surface area contributed by atoms with Crippen LogP contribution in [0, 0.1) is 6.57 Å². The van der Waals surface area contributed by atoms with E-state index in [4.69, 9.17) is 11.3 Å². The molecule has 1 aromatic carbocycles. The van der Waals surface area contributed by atoms with E-state index in [0.717, 1.165) is 17.1 Å². The molecule has 0 N–H and O–H groups in total. The van der Waals surface area contributed by atoms with E-state index in [0.29, 0.717) is 0 Å². The Morgan fingerprint density at radius 3 is 2.90 bits per heavy atom. The van der Waals surface area contributed by atoms with Crippen molar-refractivity contribution in [3.05, 3.63) is 61.6 Å². The third kappa shape index (κ3) is 2.61. The van der Waals surface area contributed by atoms with E-state index in [1.807, 2.05) is 6.07 Å². The maximum absolute atomic E-state index is 11.9. The first-order valence-electron chi connectivity index (χ1n) is 6.70. The Morgan fingerprint density at radius 1 is 1.33 bits per heavy atom. The fraction of sp³-hybridized carbons (Fsp3) is 0.250. The van der Waals surface area contributed by atoms with Gasteiger partial charge in [-0.05, 0) is 30.9 Å². The van der Waals surface area contributed by atoms with Gasteiger partial charge in [0.2, 0.25) is 0 Å². The molecule has 106 valence electrons. The standard InChI is InChI=1S/C16H13NO2S2/c1-3-19-15(18)13(17-2)16-20-12-9-8-10-6-4-5-7-11(10)14(12)21-16/h4-7H,3,8-9H2,1H3. The number of fused-ring (bicyclic) bond motifs is 2. The lowest BCUT2D eigenvalue weighted by molar-refractivity contribution is -0.138. The minimum atomic E-state index is -0.518. The van der Waals surface area contributed by atoms with Gasteiger partial charge in [0.05, 0.1) is 17.4 Å². The summed E-state index contributed by atoms with van der Waals surface area (Å²) < 4.78 is 5.73. The number of carbonyl (C=O) groups excluding carboxylic acids is 1. The maximum atomic E-state index is 11.9. The van der Waals surface area contributed by atoms with Gasteiger partial charge in [-0.3, -0.25) is 4.79 Å². The van der Waals surface area contributed by atoms with Crippen molar-refractivity contribution in [3.63, 3.8) is 0 Å². The van der Waals surface area contributed by atoms with Crippen molar-refractivity contribution in [3.8, 4) is 0 Å². The summed E-state index contributed by atoms with van der Waals surface area (Å²) in [6.07, 6.45) is 1.99. The van der Waals surface area contributed by atoms with Crippen molar-refractivity contribution in [2.45, 2.75) is 19.8 Å². The molecule has 1 aliphatic carbocycles. The summed E-state index contributed by atoms with van der Waals surface area (Å²) in [5.74, 6) is -0.518. The van der Waals surface area contributed by atoms with E-state index < -0.39 is 5.97 Å². The molecule has 0 fully saturated rings. The summed E-state index contributed by atoms with van der Waals surface area (Å²) in [6.45, 7) is 9.30. The van der Waals surface area contributed by atoms with Crippen LogP contribution in [0.3, 0.4) is 0 Å². The number of rotatable bonds is 2. The largest absolute Gasteiger partial charge is 0.471 e. The van der Waals surface area contributed by atoms with Crippen molar-refractivity contribution < 1.29 is 9.53 Å². The molecule has 0 radical (unpaired) electrons. The Morgan fingerprint density at radius 2 is 2.14 bits per heavy atom. The van der Waals surface area contributed by atoms with Crippen molar-refractivity contribution in [1.29, 1.82) is 0 Å². The van der Waals surface area contributed by atoms with Crippen LogP contribution < -0.4 is 0 Å². The van der Waals surface area contributed by atoms with Gasteiger partial charge >= 0.3 is 5.97 Å². The normalized spacial score (nSPS) is 18.7. The average Bonchev–Trinajstić information content (AvgIpc) is 2.92. The number of aryl methyl sites for hydroxylation is 1. The van der Waals surface area contributed by atoms with Crippen molar-refractivity contribution in [2.24, 2.45) is 0 Å². The predicted molar refractivity (Wildman–Crippen MR) is 87.1 cm³/mol. The molecule has 0 spiro atoms. The Hall–Kier alpha value is -1.64. The summed E-state index contributed by atoms with van der Waals surface area (Å²) in [5.41, 5.74) is 2.68. The lowest BCUT2D eigenvalue weighted by Gasteiger charge is -2.16. The fourth-order valence-corrected chi connectivity index (χ4v) is 5.14. The second-order valence-corrected chi connectivity index (χ2v) is 6.97. The van der Waals surface area contributed by atoms with Crippen molar-refractivity contribution in [1.82, 2.24) is 0 Å². The molecule has 0 bridgehead atoms. The Labute approximate surface area is 132 Å². The number of allylic oxidation sites excluding steroid dienone is 1. The van der Waals surface area contributed by atoms with Gasteiger partial charge in [-0.2, -0.15) is 0 Å². The number of hydrogen-bond donors (Lipinski definition) is 0. The van der Waals surface area contributed by atoms with Crippen LogP contribution in [0.5, 0.6) is 0 Å². The van der Waals surface area contributed by atoms with Crippen molar-refractivity contribution >= 4 is 34.4 Å². The fourth-order valence-electron chi connectivity index (χ4n) is 2.38. The smallest absolute Gasteiger partial charge is 0.338 e. The SMILES string of the molecule is [C-]#[N+]C(C(=O)OCC)=C1SC2=C(S1)c1ccccc1CC2. The van der Waals surface area contributed by atoms with E-state index in [1.54, 1.807) is 18.7 Å². The number of hydrogen-bond acceptors (Lipinski definition) is 4. The minimum absolute atomic E-state index is 0.110. The van der Waals surface area contributed by atoms with E-state index in [2.05, 4.69) is 23.0 Å². The molecule has 1 aromatic rings. The molecule has 0 aromatic heterocycles. The highest BCUT2D eigenvalue weighted by Gasteiger charge is 2.31. The number of thioether (sulfide) groups is 2. The molecule has 0 saturated carbocycles. The summed E-state index contributed by atoms with van der Waals surface area (Å²) >= 11 is 3.08. The number of nitrogens with zero attached hydrogens (tertiary/aromatic N) is 1. The third-order valence-corrected chi connectivity index (χ3v) is 6.03. The van der Waals surface area contributed by atoms with Crippen LogP contribution in [-0.2, 0) is 16.0 Å². The van der Waals surface area contributed by atoms with Crippen LogP contribution in [0.4, 0.5) is 0 Å². The predicted octanol–water partition coefficient (Wildman–Crippen LogP) is 4.43. The highest BCUT2D eigenvalue weighted by Crippen LogP contribution is 2.58. The maximum Gasteiger partial charge on any atom is 0.338 e. The summed E-state index contributed by atoms with van der Waals surface area (Å²) in [6, 6.07) is 8.34. The second kappa shape index (κ2) is 6.00. The zero-order valence-corrected chi connectivity index (χ0v) is 13.1. The average molecular weight is 315 g/mol. The van der Waals surface area contributed by atoms with Gasteiger partial charge in [0.1, 0.15) is 0 Å². The monoisotopic (exact) mass is 315 g/mol. The van der Waals surface area contributed by atoms with Crippen LogP contribution in [0.1, 0.15) is 24.5 Å². The molecule has 2 aliphatic rings. The van der Waals surface area contributed by atoms with E-state index in [-0.39, 0.29) is 12.3 Å². The molecule has 3 rings (SSSR count). The van der Waals surface area contributed by atoms with E-state index in [9.17, 15) is 4.79 Å². The van der Waals surface area contributed by atoms with Gasteiger partial charge in [-0.25, -0.2) is 4.85 Å². The van der Waals surface area contributed by atoms with Gasteiger partial charge in [0.15, 0.2) is 0 Å². The first kappa shape index (κ1) is 14.3. The Bertz CT molecular complexity index is 713. The lowest BCUT2D eigenvalue weighted by Crippen LogP contribution is -2.05. The van der Waals surface area contributed by atoms with Gasteiger partial charge < -0.3 is 4.74 Å². The number of benzene rings is 1. The topological polar surface area (TPSA) is 30.7 Å². The Balaban J connectivity index is 1.95. The van der Waals surface area contributed by atoms with Gasteiger partial charge in [-0.15, -0.1) is 0 Å². The van der Waals surface area contributed by atoms with E-state index in [1.165, 1.54) is 32.7 Å².